The normalized spacial score (nSPS) is 16.3. The highest BCUT2D eigenvalue weighted by Crippen LogP contribution is 2.26. The van der Waals surface area contributed by atoms with Crippen LogP contribution in [0.15, 0.2) is 52.2 Å². The number of nitrogens with zero attached hydrogens (tertiary/aromatic N) is 3. The van der Waals surface area contributed by atoms with Gasteiger partial charge >= 0.3 is 0 Å². The third-order valence-electron chi connectivity index (χ3n) is 4.65. The van der Waals surface area contributed by atoms with Crippen molar-refractivity contribution in [2.75, 3.05) is 32.8 Å². The van der Waals surface area contributed by atoms with Gasteiger partial charge in [0.1, 0.15) is 0 Å². The molecule has 4 nitrogen and oxygen atoms in total. The van der Waals surface area contributed by atoms with E-state index in [4.69, 9.17) is 9.73 Å². The van der Waals surface area contributed by atoms with Crippen LogP contribution in [0.4, 0.5) is 5.69 Å². The Morgan fingerprint density at radius 2 is 1.88 bits per heavy atom. The van der Waals surface area contributed by atoms with Gasteiger partial charge in [-0.2, -0.15) is 0 Å². The molecule has 0 aliphatic carbocycles. The maximum atomic E-state index is 5.47. The Kier molecular flexibility index (Phi) is 5.65. The summed E-state index contributed by atoms with van der Waals surface area (Å²) in [6.07, 6.45) is 0. The van der Waals surface area contributed by atoms with Gasteiger partial charge < -0.3 is 9.30 Å². The molecule has 0 bridgehead atoms. The summed E-state index contributed by atoms with van der Waals surface area (Å²) in [5, 5.41) is 4.37. The van der Waals surface area contributed by atoms with Crippen LogP contribution in [0.5, 0.6) is 0 Å². The standard InChI is InChI=1S/C20H23N3OS2/c1-16-5-2-3-6-17(16)21-20-23(9-8-22-10-12-24-13-11-22)18(15-26-20)19-7-4-14-25-19/h2-7,14-15H,8-13H2,1H3. The Hall–Kier alpha value is -1.73. The Labute approximate surface area is 162 Å². The smallest absolute Gasteiger partial charge is 0.190 e. The maximum Gasteiger partial charge on any atom is 0.190 e. The third kappa shape index (κ3) is 3.99. The first-order chi connectivity index (χ1) is 12.8. The number of ether oxygens (including phenoxy) is 1. The number of morpholine rings is 1. The third-order valence-corrected chi connectivity index (χ3v) is 6.40. The van der Waals surface area contributed by atoms with Crippen molar-refractivity contribution in [2.24, 2.45) is 4.99 Å². The summed E-state index contributed by atoms with van der Waals surface area (Å²) in [5.41, 5.74) is 3.52. The van der Waals surface area contributed by atoms with Crippen molar-refractivity contribution in [1.82, 2.24) is 9.47 Å². The lowest BCUT2D eigenvalue weighted by molar-refractivity contribution is 0.0363. The number of rotatable bonds is 5. The topological polar surface area (TPSA) is 29.8 Å². The molecule has 1 saturated heterocycles. The van der Waals surface area contributed by atoms with Crippen molar-refractivity contribution in [3.63, 3.8) is 0 Å². The van der Waals surface area contributed by atoms with Crippen LogP contribution < -0.4 is 4.80 Å². The second-order valence-electron chi connectivity index (χ2n) is 6.38. The van der Waals surface area contributed by atoms with E-state index in [-0.39, 0.29) is 0 Å². The van der Waals surface area contributed by atoms with Crippen molar-refractivity contribution in [3.8, 4) is 10.6 Å². The van der Waals surface area contributed by atoms with Gasteiger partial charge in [-0.15, -0.1) is 22.7 Å². The molecule has 0 saturated carbocycles. The van der Waals surface area contributed by atoms with Crippen molar-refractivity contribution in [2.45, 2.75) is 13.5 Å². The van der Waals surface area contributed by atoms with E-state index in [0.29, 0.717) is 0 Å². The molecule has 1 aromatic carbocycles. The second-order valence-corrected chi connectivity index (χ2v) is 8.17. The molecule has 0 radical (unpaired) electrons. The Morgan fingerprint density at radius 1 is 1.04 bits per heavy atom. The molecule has 0 unspecified atom stereocenters. The lowest BCUT2D eigenvalue weighted by Gasteiger charge is -2.26. The molecule has 4 rings (SSSR count). The zero-order chi connectivity index (χ0) is 17.8. The van der Waals surface area contributed by atoms with Gasteiger partial charge in [-0.05, 0) is 30.0 Å². The SMILES string of the molecule is Cc1ccccc1N=c1scc(-c2cccs2)n1CCN1CCOCC1. The van der Waals surface area contributed by atoms with Crippen LogP contribution in [0.25, 0.3) is 10.6 Å². The molecular weight excluding hydrogens is 362 g/mol. The van der Waals surface area contributed by atoms with Crippen LogP contribution in [0.3, 0.4) is 0 Å². The molecule has 26 heavy (non-hydrogen) atoms. The fourth-order valence-corrected chi connectivity index (χ4v) is 4.88. The molecule has 3 heterocycles. The average molecular weight is 386 g/mol. The Bertz CT molecular complexity index is 905. The van der Waals surface area contributed by atoms with Crippen LogP contribution in [-0.4, -0.2) is 42.3 Å². The number of thiophene rings is 1. The van der Waals surface area contributed by atoms with Gasteiger partial charge in [0.15, 0.2) is 4.80 Å². The molecule has 0 spiro atoms. The lowest BCUT2D eigenvalue weighted by atomic mass is 10.2. The van der Waals surface area contributed by atoms with Gasteiger partial charge in [-0.3, -0.25) is 4.90 Å². The number of hydrogen-bond acceptors (Lipinski definition) is 5. The summed E-state index contributed by atoms with van der Waals surface area (Å²) in [6, 6.07) is 12.6. The first kappa shape index (κ1) is 17.7. The van der Waals surface area contributed by atoms with Gasteiger partial charge in [0.05, 0.1) is 29.5 Å². The van der Waals surface area contributed by atoms with E-state index in [0.717, 1.165) is 49.9 Å². The van der Waals surface area contributed by atoms with E-state index in [1.165, 1.54) is 16.1 Å². The molecular formula is C20H23N3OS2. The van der Waals surface area contributed by atoms with Crippen LogP contribution in [-0.2, 0) is 11.3 Å². The van der Waals surface area contributed by atoms with Gasteiger partial charge in [0.2, 0.25) is 0 Å². The minimum Gasteiger partial charge on any atom is -0.379 e. The average Bonchev–Trinajstić information content (AvgIpc) is 3.32. The second kappa shape index (κ2) is 8.31. The van der Waals surface area contributed by atoms with Gasteiger partial charge in [-0.25, -0.2) is 4.99 Å². The predicted molar refractivity (Wildman–Crippen MR) is 109 cm³/mol. The minimum absolute atomic E-state index is 0.840. The Balaban J connectivity index is 1.68. The van der Waals surface area contributed by atoms with Gasteiger partial charge in [-0.1, -0.05) is 24.3 Å². The summed E-state index contributed by atoms with van der Waals surface area (Å²) in [6.45, 7) is 7.80. The van der Waals surface area contributed by atoms with Gasteiger partial charge in [0, 0.05) is 31.6 Å². The number of aromatic nitrogens is 1. The molecule has 1 aliphatic heterocycles. The van der Waals surface area contributed by atoms with Crippen LogP contribution in [0, 0.1) is 6.92 Å². The highest BCUT2D eigenvalue weighted by Gasteiger charge is 2.13. The molecule has 1 fully saturated rings. The number of para-hydroxylation sites is 1. The summed E-state index contributed by atoms with van der Waals surface area (Å²) in [4.78, 5) is 9.82. The van der Waals surface area contributed by atoms with E-state index in [2.05, 4.69) is 63.5 Å². The van der Waals surface area contributed by atoms with Crippen molar-refractivity contribution in [3.05, 3.63) is 57.5 Å². The van der Waals surface area contributed by atoms with E-state index >= 15 is 0 Å². The monoisotopic (exact) mass is 385 g/mol. The van der Waals surface area contributed by atoms with Crippen LogP contribution in [0.2, 0.25) is 0 Å². The summed E-state index contributed by atoms with van der Waals surface area (Å²) in [7, 11) is 0. The van der Waals surface area contributed by atoms with Crippen molar-refractivity contribution in [1.29, 1.82) is 0 Å². The molecule has 2 aromatic heterocycles. The van der Waals surface area contributed by atoms with Crippen LogP contribution >= 0.6 is 22.7 Å². The molecule has 0 N–H and O–H groups in total. The first-order valence-corrected chi connectivity index (χ1v) is 10.7. The molecule has 0 amide bonds. The maximum absolute atomic E-state index is 5.47. The summed E-state index contributed by atoms with van der Waals surface area (Å²) in [5.74, 6) is 0. The van der Waals surface area contributed by atoms with E-state index in [9.17, 15) is 0 Å². The zero-order valence-corrected chi connectivity index (χ0v) is 16.6. The predicted octanol–water partition coefficient (Wildman–Crippen LogP) is 4.15. The first-order valence-electron chi connectivity index (χ1n) is 8.94. The molecule has 1 aliphatic rings. The zero-order valence-electron chi connectivity index (χ0n) is 14.9. The molecule has 136 valence electrons. The highest BCUT2D eigenvalue weighted by atomic mass is 32.1. The molecule has 0 atom stereocenters. The lowest BCUT2D eigenvalue weighted by Crippen LogP contribution is -2.39. The van der Waals surface area contributed by atoms with Gasteiger partial charge in [0.25, 0.3) is 0 Å². The number of thiazole rings is 1. The summed E-state index contributed by atoms with van der Waals surface area (Å²) < 4.78 is 7.85. The van der Waals surface area contributed by atoms with E-state index in [1.54, 1.807) is 22.7 Å². The fraction of sp³-hybridized carbons (Fsp3) is 0.350. The quantitative estimate of drug-likeness (QED) is 0.660. The van der Waals surface area contributed by atoms with E-state index < -0.39 is 0 Å². The highest BCUT2D eigenvalue weighted by molar-refractivity contribution is 7.14. The molecule has 6 heteroatoms. The van der Waals surface area contributed by atoms with E-state index in [1.807, 2.05) is 0 Å². The largest absolute Gasteiger partial charge is 0.379 e. The molecule has 3 aromatic rings. The minimum atomic E-state index is 0.840. The fourth-order valence-electron chi connectivity index (χ4n) is 3.12. The summed E-state index contributed by atoms with van der Waals surface area (Å²) >= 11 is 3.51. The van der Waals surface area contributed by atoms with Crippen LogP contribution in [0.1, 0.15) is 5.56 Å². The number of hydrogen-bond donors (Lipinski definition) is 0. The number of benzene rings is 1. The Morgan fingerprint density at radius 3 is 2.65 bits per heavy atom. The van der Waals surface area contributed by atoms with Crippen molar-refractivity contribution < 1.29 is 4.74 Å². The van der Waals surface area contributed by atoms with Crippen molar-refractivity contribution >= 4 is 28.4 Å². The number of aryl methyl sites for hydroxylation is 1.